The maximum atomic E-state index is 11.9. The maximum absolute atomic E-state index is 11.9. The normalized spacial score (nSPS) is 10.8. The minimum absolute atomic E-state index is 0.334. The quantitative estimate of drug-likeness (QED) is 0.217. The Labute approximate surface area is 195 Å². The van der Waals surface area contributed by atoms with Crippen LogP contribution in [0.15, 0.2) is 24.3 Å². The van der Waals surface area contributed by atoms with Crippen molar-refractivity contribution in [2.24, 2.45) is 0 Å². The summed E-state index contributed by atoms with van der Waals surface area (Å²) < 4.78 is 5.41. The molecule has 6 nitrogen and oxygen atoms in total. The second-order valence-corrected chi connectivity index (χ2v) is 8.79. The summed E-state index contributed by atoms with van der Waals surface area (Å²) >= 11 is 0. The zero-order chi connectivity index (χ0) is 23.3. The molecule has 1 rings (SSSR count). The predicted molar refractivity (Wildman–Crippen MR) is 132 cm³/mol. The highest BCUT2D eigenvalue weighted by Gasteiger charge is 2.06. The molecule has 1 aromatic carbocycles. The van der Waals surface area contributed by atoms with Crippen LogP contribution in [0.2, 0.25) is 0 Å². The highest BCUT2D eigenvalue weighted by atomic mass is 16.5. The Morgan fingerprint density at radius 1 is 0.844 bits per heavy atom. The lowest BCUT2D eigenvalue weighted by atomic mass is 10.0. The fraction of sp³-hybridized carbons (Fsp3) is 0.692. The van der Waals surface area contributed by atoms with Crippen LogP contribution in [0.4, 0.5) is 4.79 Å². The zero-order valence-corrected chi connectivity index (χ0v) is 20.4. The standard InChI is InChI=1S/C26H45N3O3/c1-29(2)21-15-20-28-26(31)32-22-25-18-13-12-17-24(25)16-11-9-7-5-3-4-6-8-10-14-19-27-23-30/h12-13,17-18,23H,3-11,14-16,19-22H2,1-2H3,(H,27,30)(H,28,31). The van der Waals surface area contributed by atoms with Crippen LogP contribution < -0.4 is 10.6 Å². The molecule has 1 aromatic rings. The number of rotatable bonds is 20. The van der Waals surface area contributed by atoms with E-state index in [9.17, 15) is 9.59 Å². The lowest BCUT2D eigenvalue weighted by Crippen LogP contribution is -2.27. The summed E-state index contributed by atoms with van der Waals surface area (Å²) in [4.78, 5) is 24.2. The van der Waals surface area contributed by atoms with Gasteiger partial charge in [0.15, 0.2) is 0 Å². The van der Waals surface area contributed by atoms with Crippen LogP contribution >= 0.6 is 0 Å². The molecule has 32 heavy (non-hydrogen) atoms. The first-order chi connectivity index (χ1) is 15.6. The van der Waals surface area contributed by atoms with Gasteiger partial charge in [0, 0.05) is 13.1 Å². The van der Waals surface area contributed by atoms with Crippen LogP contribution in [0.25, 0.3) is 0 Å². The molecule has 2 N–H and O–H groups in total. The number of nitrogens with one attached hydrogen (secondary N) is 2. The van der Waals surface area contributed by atoms with Crippen LogP contribution in [0.5, 0.6) is 0 Å². The molecule has 0 saturated heterocycles. The van der Waals surface area contributed by atoms with Crippen LogP contribution in [0, 0.1) is 0 Å². The van der Waals surface area contributed by atoms with E-state index in [-0.39, 0.29) is 6.09 Å². The van der Waals surface area contributed by atoms with Gasteiger partial charge in [-0.05, 0) is 57.5 Å². The van der Waals surface area contributed by atoms with Crippen molar-refractivity contribution in [3.63, 3.8) is 0 Å². The largest absolute Gasteiger partial charge is 0.445 e. The van der Waals surface area contributed by atoms with Gasteiger partial charge in [-0.2, -0.15) is 0 Å². The topological polar surface area (TPSA) is 70.7 Å². The van der Waals surface area contributed by atoms with Crippen molar-refractivity contribution in [1.82, 2.24) is 15.5 Å². The Morgan fingerprint density at radius 2 is 1.44 bits per heavy atom. The number of carbonyl (C=O) groups is 2. The van der Waals surface area contributed by atoms with E-state index in [2.05, 4.69) is 33.7 Å². The van der Waals surface area contributed by atoms with E-state index in [1.165, 1.54) is 63.4 Å². The molecule has 0 bridgehead atoms. The van der Waals surface area contributed by atoms with E-state index in [0.29, 0.717) is 13.2 Å². The third kappa shape index (κ3) is 15.7. The second kappa shape index (κ2) is 19.6. The van der Waals surface area contributed by atoms with Gasteiger partial charge in [0.05, 0.1) is 0 Å². The Morgan fingerprint density at radius 3 is 2.06 bits per heavy atom. The Balaban J connectivity index is 2.08. The van der Waals surface area contributed by atoms with Gasteiger partial charge in [-0.1, -0.05) is 75.6 Å². The molecule has 0 aliphatic rings. The molecule has 0 aliphatic heterocycles. The van der Waals surface area contributed by atoms with E-state index in [4.69, 9.17) is 4.74 Å². The molecule has 2 amide bonds. The molecular formula is C26H45N3O3. The van der Waals surface area contributed by atoms with Gasteiger partial charge in [0.2, 0.25) is 6.41 Å². The zero-order valence-electron chi connectivity index (χ0n) is 20.4. The highest BCUT2D eigenvalue weighted by molar-refractivity contribution is 5.67. The number of alkyl carbamates (subject to hydrolysis) is 1. The molecular weight excluding hydrogens is 402 g/mol. The highest BCUT2D eigenvalue weighted by Crippen LogP contribution is 2.16. The molecule has 0 heterocycles. The van der Waals surface area contributed by atoms with Crippen LogP contribution in [-0.2, 0) is 22.6 Å². The average Bonchev–Trinajstić information content (AvgIpc) is 2.79. The summed E-state index contributed by atoms with van der Waals surface area (Å²) in [5, 5.41) is 5.53. The number of amides is 2. The van der Waals surface area contributed by atoms with Crippen molar-refractivity contribution in [2.45, 2.75) is 83.7 Å². The monoisotopic (exact) mass is 447 g/mol. The smallest absolute Gasteiger partial charge is 0.407 e. The fourth-order valence-electron chi connectivity index (χ4n) is 3.74. The third-order valence-corrected chi connectivity index (χ3v) is 5.63. The first-order valence-corrected chi connectivity index (χ1v) is 12.4. The first kappa shape index (κ1) is 28.0. The van der Waals surface area contributed by atoms with Crippen molar-refractivity contribution in [3.8, 4) is 0 Å². The van der Waals surface area contributed by atoms with Crippen LogP contribution in [-0.4, -0.2) is 51.1 Å². The lowest BCUT2D eigenvalue weighted by molar-refractivity contribution is -0.109. The van der Waals surface area contributed by atoms with Gasteiger partial charge >= 0.3 is 6.09 Å². The summed E-state index contributed by atoms with van der Waals surface area (Å²) in [5.74, 6) is 0. The molecule has 0 saturated carbocycles. The molecule has 0 spiro atoms. The molecule has 0 radical (unpaired) electrons. The van der Waals surface area contributed by atoms with Gasteiger partial charge in [0.25, 0.3) is 0 Å². The molecule has 0 fully saturated rings. The first-order valence-electron chi connectivity index (χ1n) is 12.4. The summed E-state index contributed by atoms with van der Waals surface area (Å²) in [5.41, 5.74) is 2.40. The van der Waals surface area contributed by atoms with Gasteiger partial charge in [-0.25, -0.2) is 4.79 Å². The number of unbranched alkanes of at least 4 members (excludes halogenated alkanes) is 9. The van der Waals surface area contributed by atoms with Crippen LogP contribution in [0.3, 0.4) is 0 Å². The van der Waals surface area contributed by atoms with E-state index in [1.807, 2.05) is 20.2 Å². The van der Waals surface area contributed by atoms with Crippen molar-refractivity contribution >= 4 is 12.5 Å². The Kier molecular flexibility index (Phi) is 17.1. The Hall–Kier alpha value is -2.08. The van der Waals surface area contributed by atoms with Gasteiger partial charge in [-0.15, -0.1) is 0 Å². The summed E-state index contributed by atoms with van der Waals surface area (Å²) in [6, 6.07) is 8.28. The van der Waals surface area contributed by atoms with Crippen molar-refractivity contribution < 1.29 is 14.3 Å². The molecule has 0 aromatic heterocycles. The molecule has 0 aliphatic carbocycles. The van der Waals surface area contributed by atoms with E-state index in [0.717, 1.165) is 44.3 Å². The van der Waals surface area contributed by atoms with Crippen LogP contribution in [0.1, 0.15) is 81.8 Å². The minimum Gasteiger partial charge on any atom is -0.445 e. The fourth-order valence-corrected chi connectivity index (χ4v) is 3.74. The maximum Gasteiger partial charge on any atom is 0.407 e. The van der Waals surface area contributed by atoms with Gasteiger partial charge in [0.1, 0.15) is 6.61 Å². The number of hydrogen-bond donors (Lipinski definition) is 2. The summed E-state index contributed by atoms with van der Waals surface area (Å²) in [6.45, 7) is 2.73. The minimum atomic E-state index is -0.337. The van der Waals surface area contributed by atoms with E-state index in [1.54, 1.807) is 0 Å². The molecule has 0 atom stereocenters. The van der Waals surface area contributed by atoms with E-state index >= 15 is 0 Å². The number of hydrogen-bond acceptors (Lipinski definition) is 4. The number of nitrogens with zero attached hydrogens (tertiary/aromatic N) is 1. The van der Waals surface area contributed by atoms with Crippen molar-refractivity contribution in [2.75, 3.05) is 33.7 Å². The number of carbonyl (C=O) groups excluding carboxylic acids is 2. The molecule has 6 heteroatoms. The lowest BCUT2D eigenvalue weighted by Gasteiger charge is -2.12. The molecule has 0 unspecified atom stereocenters. The van der Waals surface area contributed by atoms with E-state index < -0.39 is 0 Å². The Bertz CT molecular complexity index is 608. The third-order valence-electron chi connectivity index (χ3n) is 5.63. The molecule has 182 valence electrons. The van der Waals surface area contributed by atoms with Crippen molar-refractivity contribution in [3.05, 3.63) is 35.4 Å². The number of benzene rings is 1. The summed E-state index contributed by atoms with van der Waals surface area (Å²) in [7, 11) is 4.05. The average molecular weight is 448 g/mol. The SMILES string of the molecule is CN(C)CCCNC(=O)OCc1ccccc1CCCCCCCCCCCCNC=O. The predicted octanol–water partition coefficient (Wildman–Crippen LogP) is 5.05. The van der Waals surface area contributed by atoms with Crippen molar-refractivity contribution in [1.29, 1.82) is 0 Å². The number of ether oxygens (including phenoxy) is 1. The van der Waals surface area contributed by atoms with Gasteiger partial charge < -0.3 is 20.3 Å². The number of aryl methyl sites for hydroxylation is 1. The van der Waals surface area contributed by atoms with Gasteiger partial charge in [-0.3, -0.25) is 4.79 Å². The summed E-state index contributed by atoms with van der Waals surface area (Å²) in [6.07, 6.45) is 14.9. The second-order valence-electron chi connectivity index (χ2n) is 8.79.